The highest BCUT2D eigenvalue weighted by atomic mass is 19.4. The average Bonchev–Trinajstić information content (AvgIpc) is 2.55. The molecule has 2 aromatic rings. The fraction of sp³-hybridized carbons (Fsp3) is 0.211. The maximum absolute atomic E-state index is 13.1. The van der Waals surface area contributed by atoms with Gasteiger partial charge in [-0.1, -0.05) is 18.2 Å². The molecule has 0 saturated heterocycles. The number of halogens is 3. The maximum Gasteiger partial charge on any atom is 0.417 e. The molecule has 0 atom stereocenters. The van der Waals surface area contributed by atoms with Crippen LogP contribution in [0.25, 0.3) is 11.3 Å². The zero-order chi connectivity index (χ0) is 18.6. The number of aliphatic hydroxyl groups is 1. The Morgan fingerprint density at radius 1 is 1.08 bits per heavy atom. The van der Waals surface area contributed by atoms with Crippen LogP contribution in [0.1, 0.15) is 30.5 Å². The summed E-state index contributed by atoms with van der Waals surface area (Å²) in [7, 11) is 0. The number of ether oxygens (including phenoxy) is 1. The van der Waals surface area contributed by atoms with Gasteiger partial charge in [-0.3, -0.25) is 0 Å². The molecular weight excluding hydrogens is 331 g/mol. The second-order valence-corrected chi connectivity index (χ2v) is 5.57. The number of hydrogen-bond donors (Lipinski definition) is 1. The Labute approximate surface area is 143 Å². The van der Waals surface area contributed by atoms with Gasteiger partial charge in [0.15, 0.2) is 0 Å². The number of rotatable bonds is 4. The predicted molar refractivity (Wildman–Crippen MR) is 88.7 cm³/mol. The SMILES string of the molecule is CC(C)Oc1ccc(C(C#N)=C(O)c2ccccc2C(F)(F)F)cc1. The molecule has 0 aliphatic heterocycles. The first-order valence-corrected chi connectivity index (χ1v) is 7.51. The molecular formula is C19H16F3NO2. The van der Waals surface area contributed by atoms with Crippen molar-refractivity contribution in [2.45, 2.75) is 26.1 Å². The molecule has 0 spiro atoms. The summed E-state index contributed by atoms with van der Waals surface area (Å²) < 4.78 is 44.8. The number of benzene rings is 2. The number of nitrogens with zero attached hydrogens (tertiary/aromatic N) is 1. The third-order valence-electron chi connectivity index (χ3n) is 3.35. The molecule has 0 unspecified atom stereocenters. The molecule has 0 aromatic heterocycles. The number of alkyl halides is 3. The first kappa shape index (κ1) is 18.4. The van der Waals surface area contributed by atoms with Gasteiger partial charge >= 0.3 is 6.18 Å². The van der Waals surface area contributed by atoms with Crippen LogP contribution in [-0.2, 0) is 6.18 Å². The van der Waals surface area contributed by atoms with Crippen LogP contribution in [-0.4, -0.2) is 11.2 Å². The highest BCUT2D eigenvalue weighted by Crippen LogP contribution is 2.36. The number of allylic oxidation sites excluding steroid dienone is 1. The second-order valence-electron chi connectivity index (χ2n) is 5.57. The summed E-state index contributed by atoms with van der Waals surface area (Å²) in [5.74, 6) is -0.154. The smallest absolute Gasteiger partial charge is 0.417 e. The van der Waals surface area contributed by atoms with Gasteiger partial charge in [0, 0.05) is 5.56 Å². The summed E-state index contributed by atoms with van der Waals surface area (Å²) >= 11 is 0. The minimum Gasteiger partial charge on any atom is -0.506 e. The quantitative estimate of drug-likeness (QED) is 0.455. The molecule has 0 bridgehead atoms. The van der Waals surface area contributed by atoms with Gasteiger partial charge < -0.3 is 9.84 Å². The van der Waals surface area contributed by atoms with Crippen molar-refractivity contribution in [3.8, 4) is 11.8 Å². The van der Waals surface area contributed by atoms with Crippen LogP contribution in [0.3, 0.4) is 0 Å². The van der Waals surface area contributed by atoms with E-state index >= 15 is 0 Å². The molecule has 0 aliphatic rings. The molecule has 2 aromatic carbocycles. The zero-order valence-electron chi connectivity index (χ0n) is 13.6. The van der Waals surface area contributed by atoms with E-state index in [4.69, 9.17) is 4.74 Å². The highest BCUT2D eigenvalue weighted by Gasteiger charge is 2.34. The van der Waals surface area contributed by atoms with Crippen molar-refractivity contribution in [2.24, 2.45) is 0 Å². The lowest BCUT2D eigenvalue weighted by atomic mass is 9.98. The normalized spacial score (nSPS) is 12.5. The van der Waals surface area contributed by atoms with Crippen LogP contribution in [0.5, 0.6) is 5.75 Å². The molecule has 3 nitrogen and oxygen atoms in total. The van der Waals surface area contributed by atoms with Crippen molar-refractivity contribution in [3.05, 3.63) is 65.2 Å². The summed E-state index contributed by atoms with van der Waals surface area (Å²) in [5, 5.41) is 19.7. The lowest BCUT2D eigenvalue weighted by Gasteiger charge is -2.14. The van der Waals surface area contributed by atoms with Crippen molar-refractivity contribution in [3.63, 3.8) is 0 Å². The van der Waals surface area contributed by atoms with Gasteiger partial charge in [0.25, 0.3) is 0 Å². The summed E-state index contributed by atoms with van der Waals surface area (Å²) in [4.78, 5) is 0. The van der Waals surface area contributed by atoms with Crippen LogP contribution < -0.4 is 4.74 Å². The summed E-state index contributed by atoms with van der Waals surface area (Å²) in [6, 6.07) is 12.6. The van der Waals surface area contributed by atoms with Gasteiger partial charge in [0.1, 0.15) is 23.2 Å². The van der Waals surface area contributed by atoms with Crippen molar-refractivity contribution >= 4 is 11.3 Å². The highest BCUT2D eigenvalue weighted by molar-refractivity contribution is 5.94. The molecule has 0 heterocycles. The predicted octanol–water partition coefficient (Wildman–Crippen LogP) is 5.44. The Morgan fingerprint density at radius 2 is 1.68 bits per heavy atom. The standard InChI is InChI=1S/C19H16F3NO2/c1-12(2)25-14-9-7-13(8-10-14)16(11-23)18(24)15-5-3-4-6-17(15)19(20,21)22/h3-10,12,24H,1-2H3. The van der Waals surface area contributed by atoms with E-state index < -0.39 is 23.1 Å². The third-order valence-corrected chi connectivity index (χ3v) is 3.35. The molecule has 25 heavy (non-hydrogen) atoms. The van der Waals surface area contributed by atoms with Gasteiger partial charge in [0.2, 0.25) is 0 Å². The van der Waals surface area contributed by atoms with Gasteiger partial charge in [-0.15, -0.1) is 0 Å². The van der Waals surface area contributed by atoms with Crippen molar-refractivity contribution in [2.75, 3.05) is 0 Å². The van der Waals surface area contributed by atoms with Crippen LogP contribution in [0.4, 0.5) is 13.2 Å². The first-order valence-electron chi connectivity index (χ1n) is 7.51. The number of aliphatic hydroxyl groups excluding tert-OH is 1. The van der Waals surface area contributed by atoms with E-state index in [2.05, 4.69) is 0 Å². The molecule has 0 fully saturated rings. The molecule has 0 radical (unpaired) electrons. The molecule has 0 amide bonds. The summed E-state index contributed by atoms with van der Waals surface area (Å²) in [6.07, 6.45) is -4.68. The molecule has 1 N–H and O–H groups in total. The minimum atomic E-state index is -4.64. The average molecular weight is 347 g/mol. The second kappa shape index (κ2) is 7.31. The summed E-state index contributed by atoms with van der Waals surface area (Å²) in [5.41, 5.74) is -1.38. The van der Waals surface area contributed by atoms with Crippen molar-refractivity contribution in [1.29, 1.82) is 5.26 Å². The van der Waals surface area contributed by atoms with Crippen LogP contribution in [0.15, 0.2) is 48.5 Å². The number of hydrogen-bond acceptors (Lipinski definition) is 3. The molecule has 130 valence electrons. The van der Waals surface area contributed by atoms with Gasteiger partial charge in [0.05, 0.1) is 11.7 Å². The van der Waals surface area contributed by atoms with Crippen LogP contribution in [0.2, 0.25) is 0 Å². The monoisotopic (exact) mass is 347 g/mol. The molecule has 0 saturated carbocycles. The van der Waals surface area contributed by atoms with Crippen LogP contribution in [0, 0.1) is 11.3 Å². The van der Waals surface area contributed by atoms with Gasteiger partial charge in [-0.25, -0.2) is 0 Å². The first-order chi connectivity index (χ1) is 11.7. The van der Waals surface area contributed by atoms with E-state index in [0.717, 1.165) is 12.1 Å². The minimum absolute atomic E-state index is 0.0381. The van der Waals surface area contributed by atoms with Gasteiger partial charge in [-0.2, -0.15) is 18.4 Å². The van der Waals surface area contributed by atoms with Gasteiger partial charge in [-0.05, 0) is 49.7 Å². The van der Waals surface area contributed by atoms with Crippen molar-refractivity contribution in [1.82, 2.24) is 0 Å². The zero-order valence-corrected chi connectivity index (χ0v) is 13.6. The fourth-order valence-corrected chi connectivity index (χ4v) is 2.30. The van der Waals surface area contributed by atoms with Crippen molar-refractivity contribution < 1.29 is 23.0 Å². The topological polar surface area (TPSA) is 53.2 Å². The summed E-state index contributed by atoms with van der Waals surface area (Å²) in [6.45, 7) is 3.71. The van der Waals surface area contributed by atoms with E-state index in [-0.39, 0.29) is 11.7 Å². The van der Waals surface area contributed by atoms with E-state index in [1.165, 1.54) is 24.3 Å². The Bertz CT molecular complexity index is 816. The molecule has 6 heteroatoms. The Morgan fingerprint density at radius 3 is 2.20 bits per heavy atom. The van der Waals surface area contributed by atoms with E-state index in [1.54, 1.807) is 18.2 Å². The maximum atomic E-state index is 13.1. The molecule has 0 aliphatic carbocycles. The fourth-order valence-electron chi connectivity index (χ4n) is 2.30. The lowest BCUT2D eigenvalue weighted by molar-refractivity contribution is -0.137. The number of nitriles is 1. The van der Waals surface area contributed by atoms with E-state index in [1.807, 2.05) is 13.8 Å². The Hall–Kier alpha value is -2.94. The van der Waals surface area contributed by atoms with Crippen LogP contribution >= 0.6 is 0 Å². The van der Waals surface area contributed by atoms with E-state index in [9.17, 15) is 23.5 Å². The lowest BCUT2D eigenvalue weighted by Crippen LogP contribution is -2.09. The largest absolute Gasteiger partial charge is 0.506 e. The molecule has 2 rings (SSSR count). The Kier molecular flexibility index (Phi) is 5.38. The third kappa shape index (κ3) is 4.32. The Balaban J connectivity index is 2.51. The van der Waals surface area contributed by atoms with E-state index in [0.29, 0.717) is 11.3 Å².